The predicted molar refractivity (Wildman–Crippen MR) is 92.6 cm³/mol. The molecule has 0 atom stereocenters. The second-order valence-electron chi connectivity index (χ2n) is 5.16. The quantitative estimate of drug-likeness (QED) is 0.765. The number of hydrogen-bond acceptors (Lipinski definition) is 4. The minimum Gasteiger partial charge on any atom is -0.383 e. The van der Waals surface area contributed by atoms with Gasteiger partial charge in [-0.3, -0.25) is 4.31 Å². The number of halogens is 4. The number of nitrogens with zero attached hydrogens (tertiary/aromatic N) is 2. The monoisotopic (exact) mass is 437 g/mol. The van der Waals surface area contributed by atoms with Crippen molar-refractivity contribution in [3.63, 3.8) is 0 Å². The fourth-order valence-corrected chi connectivity index (χ4v) is 4.31. The van der Waals surface area contributed by atoms with Crippen LogP contribution >= 0.6 is 15.9 Å². The molecular formula is C15H15BrF3N3O2S. The van der Waals surface area contributed by atoms with Crippen molar-refractivity contribution in [3.05, 3.63) is 46.6 Å². The van der Waals surface area contributed by atoms with Gasteiger partial charge in [-0.2, -0.15) is 13.2 Å². The maximum absolute atomic E-state index is 13.0. The summed E-state index contributed by atoms with van der Waals surface area (Å²) in [5.74, 6) is -0.226. The van der Waals surface area contributed by atoms with Gasteiger partial charge in [0.05, 0.1) is 11.3 Å². The largest absolute Gasteiger partial charge is 0.416 e. The molecule has 0 saturated heterocycles. The molecule has 5 nitrogen and oxygen atoms in total. The summed E-state index contributed by atoms with van der Waals surface area (Å²) in [7, 11) is -4.18. The minimum atomic E-state index is -4.58. The van der Waals surface area contributed by atoms with Crippen molar-refractivity contribution in [1.29, 1.82) is 0 Å². The summed E-state index contributed by atoms with van der Waals surface area (Å²) >= 11 is 3.12. The van der Waals surface area contributed by atoms with Crippen LogP contribution in [0.25, 0.3) is 0 Å². The first kappa shape index (κ1) is 19.5. The standard InChI is InChI=1S/C15H15BrF3N3O2S/c1-2-6-22(12-5-3-4-10(7-12)15(17,18)19)25(23,24)13-8-11(16)9-21-14(13)20/h3-5,7-9H,2,6H2,1H3,(H2,20,21). The fraction of sp³-hybridized carbons (Fsp3) is 0.267. The first-order valence-corrected chi connectivity index (χ1v) is 9.41. The second-order valence-corrected chi connectivity index (χ2v) is 7.91. The SMILES string of the molecule is CCCN(c1cccc(C(F)(F)F)c1)S(=O)(=O)c1cc(Br)cnc1N. The lowest BCUT2D eigenvalue weighted by Gasteiger charge is -2.25. The number of hydrogen-bond donors (Lipinski definition) is 1. The van der Waals surface area contributed by atoms with Gasteiger partial charge in [0.25, 0.3) is 10.0 Å². The Bertz CT molecular complexity index is 873. The van der Waals surface area contributed by atoms with Crippen molar-refractivity contribution in [2.45, 2.75) is 24.4 Å². The van der Waals surface area contributed by atoms with Crippen LogP contribution in [0.15, 0.2) is 45.9 Å². The van der Waals surface area contributed by atoms with Crippen molar-refractivity contribution in [2.75, 3.05) is 16.6 Å². The van der Waals surface area contributed by atoms with Crippen molar-refractivity contribution >= 4 is 37.5 Å². The van der Waals surface area contributed by atoms with Crippen molar-refractivity contribution in [3.8, 4) is 0 Å². The van der Waals surface area contributed by atoms with E-state index in [4.69, 9.17) is 5.73 Å². The molecule has 10 heteroatoms. The van der Waals surface area contributed by atoms with Gasteiger partial charge >= 0.3 is 6.18 Å². The van der Waals surface area contributed by atoms with E-state index in [0.717, 1.165) is 16.4 Å². The van der Waals surface area contributed by atoms with Crippen molar-refractivity contribution < 1.29 is 21.6 Å². The third-order valence-electron chi connectivity index (χ3n) is 3.30. The van der Waals surface area contributed by atoms with Gasteiger partial charge in [-0.1, -0.05) is 13.0 Å². The van der Waals surface area contributed by atoms with E-state index in [1.165, 1.54) is 24.4 Å². The summed E-state index contributed by atoms with van der Waals surface area (Å²) in [5.41, 5.74) is 4.65. The van der Waals surface area contributed by atoms with E-state index in [1.807, 2.05) is 0 Å². The van der Waals surface area contributed by atoms with E-state index < -0.39 is 21.8 Å². The number of anilines is 2. The zero-order valence-corrected chi connectivity index (χ0v) is 15.5. The minimum absolute atomic E-state index is 0.00437. The van der Waals surface area contributed by atoms with E-state index in [0.29, 0.717) is 10.9 Å². The number of rotatable bonds is 5. The molecule has 0 aliphatic heterocycles. The van der Waals surface area contributed by atoms with Gasteiger partial charge in [0, 0.05) is 17.2 Å². The van der Waals surface area contributed by atoms with Crippen LogP contribution in [0.2, 0.25) is 0 Å². The van der Waals surface area contributed by atoms with E-state index in [9.17, 15) is 21.6 Å². The predicted octanol–water partition coefficient (Wildman–Crippen LogP) is 4.05. The number of sulfonamides is 1. The average molecular weight is 438 g/mol. The third kappa shape index (κ3) is 4.24. The number of benzene rings is 1. The molecule has 0 radical (unpaired) electrons. The van der Waals surface area contributed by atoms with Gasteiger partial charge in [0.15, 0.2) is 0 Å². The zero-order chi connectivity index (χ0) is 18.8. The number of nitrogen functional groups attached to an aromatic ring is 1. The molecule has 0 fully saturated rings. The number of aromatic nitrogens is 1. The topological polar surface area (TPSA) is 76.3 Å². The summed E-state index contributed by atoms with van der Waals surface area (Å²) in [6, 6.07) is 5.43. The Morgan fingerprint density at radius 3 is 2.56 bits per heavy atom. The third-order valence-corrected chi connectivity index (χ3v) is 5.59. The van der Waals surface area contributed by atoms with Crippen LogP contribution in [-0.2, 0) is 16.2 Å². The maximum Gasteiger partial charge on any atom is 0.416 e. The molecule has 0 saturated carbocycles. The molecule has 2 N–H and O–H groups in total. The van der Waals surface area contributed by atoms with E-state index in [-0.39, 0.29) is 22.9 Å². The summed E-state index contributed by atoms with van der Waals surface area (Å²) in [5, 5.41) is 0. The highest BCUT2D eigenvalue weighted by Gasteiger charge is 2.33. The van der Waals surface area contributed by atoms with Gasteiger partial charge in [-0.05, 0) is 46.6 Å². The Labute approximate surface area is 151 Å². The molecule has 25 heavy (non-hydrogen) atoms. The Kier molecular flexibility index (Phi) is 5.62. The molecule has 1 aromatic carbocycles. The smallest absolute Gasteiger partial charge is 0.383 e. The van der Waals surface area contributed by atoms with E-state index in [2.05, 4.69) is 20.9 Å². The first-order valence-electron chi connectivity index (χ1n) is 7.18. The molecule has 1 aromatic heterocycles. The van der Waals surface area contributed by atoms with Crippen LogP contribution in [0.1, 0.15) is 18.9 Å². The highest BCUT2D eigenvalue weighted by atomic mass is 79.9. The van der Waals surface area contributed by atoms with Crippen molar-refractivity contribution in [2.24, 2.45) is 0 Å². The molecule has 0 spiro atoms. The second kappa shape index (κ2) is 7.20. The van der Waals surface area contributed by atoms with Crippen LogP contribution in [0.4, 0.5) is 24.7 Å². The Morgan fingerprint density at radius 1 is 1.28 bits per heavy atom. The Hall–Kier alpha value is -1.81. The van der Waals surface area contributed by atoms with Gasteiger partial charge in [0.2, 0.25) is 0 Å². The van der Waals surface area contributed by atoms with Crippen LogP contribution in [0.5, 0.6) is 0 Å². The first-order chi connectivity index (χ1) is 11.6. The number of alkyl halides is 3. The molecule has 2 rings (SSSR count). The summed E-state index contributed by atoms with van der Waals surface area (Å²) in [6.45, 7) is 1.72. The molecule has 2 aromatic rings. The molecule has 0 amide bonds. The normalized spacial score (nSPS) is 12.2. The molecule has 1 heterocycles. The molecule has 0 aliphatic rings. The van der Waals surface area contributed by atoms with Gasteiger partial charge in [-0.25, -0.2) is 13.4 Å². The average Bonchev–Trinajstić information content (AvgIpc) is 2.54. The highest BCUT2D eigenvalue weighted by molar-refractivity contribution is 9.10. The van der Waals surface area contributed by atoms with E-state index in [1.54, 1.807) is 6.92 Å². The Balaban J connectivity index is 2.60. The lowest BCUT2D eigenvalue weighted by atomic mass is 10.2. The number of pyridine rings is 1. The van der Waals surface area contributed by atoms with Crippen LogP contribution in [-0.4, -0.2) is 19.9 Å². The zero-order valence-electron chi connectivity index (χ0n) is 13.1. The summed E-state index contributed by atoms with van der Waals surface area (Å²) in [4.78, 5) is 3.51. The summed E-state index contributed by atoms with van der Waals surface area (Å²) < 4.78 is 66.1. The molecule has 0 bridgehead atoms. The molecule has 0 aliphatic carbocycles. The summed E-state index contributed by atoms with van der Waals surface area (Å²) in [6.07, 6.45) is -2.84. The van der Waals surface area contributed by atoms with Gasteiger partial charge in [0.1, 0.15) is 10.7 Å². The molecular weight excluding hydrogens is 423 g/mol. The Morgan fingerprint density at radius 2 is 1.96 bits per heavy atom. The highest BCUT2D eigenvalue weighted by Crippen LogP contribution is 2.34. The fourth-order valence-electron chi connectivity index (χ4n) is 2.19. The van der Waals surface area contributed by atoms with Crippen molar-refractivity contribution in [1.82, 2.24) is 4.98 Å². The molecule has 136 valence electrons. The van der Waals surface area contributed by atoms with Crippen LogP contribution < -0.4 is 10.0 Å². The van der Waals surface area contributed by atoms with Crippen LogP contribution in [0, 0.1) is 0 Å². The lowest BCUT2D eigenvalue weighted by molar-refractivity contribution is -0.137. The molecule has 0 unspecified atom stereocenters. The maximum atomic E-state index is 13.0. The van der Waals surface area contributed by atoms with Gasteiger partial charge < -0.3 is 5.73 Å². The van der Waals surface area contributed by atoms with Gasteiger partial charge in [-0.15, -0.1) is 0 Å². The van der Waals surface area contributed by atoms with E-state index >= 15 is 0 Å². The lowest BCUT2D eigenvalue weighted by Crippen LogP contribution is -2.32. The van der Waals surface area contributed by atoms with Crippen LogP contribution in [0.3, 0.4) is 0 Å². The number of nitrogens with two attached hydrogens (primary N) is 1.